The van der Waals surface area contributed by atoms with Gasteiger partial charge in [0.05, 0.1) is 15.8 Å². The average Bonchev–Trinajstić information content (AvgIpc) is 3.77. The second kappa shape index (κ2) is 9.61. The molecule has 0 radical (unpaired) electrons. The predicted octanol–water partition coefficient (Wildman–Crippen LogP) is 4.33. The Balaban J connectivity index is 1.53. The summed E-state index contributed by atoms with van der Waals surface area (Å²) in [5.41, 5.74) is 2.46. The number of sulfonamides is 2. The summed E-state index contributed by atoms with van der Waals surface area (Å²) < 4.78 is 85.2. The Morgan fingerprint density at radius 2 is 1.88 bits per heavy atom. The van der Waals surface area contributed by atoms with Crippen molar-refractivity contribution in [2.24, 2.45) is 0 Å². The van der Waals surface area contributed by atoms with Crippen LogP contribution in [0.25, 0.3) is 21.9 Å². The second-order valence-electron chi connectivity index (χ2n) is 11.2. The van der Waals surface area contributed by atoms with Crippen molar-refractivity contribution in [1.82, 2.24) is 28.6 Å². The van der Waals surface area contributed by atoms with Crippen LogP contribution in [0.1, 0.15) is 81.5 Å². The molecule has 0 spiro atoms. The number of fused-ring (bicyclic) bond motifs is 1. The molecule has 0 unspecified atom stereocenters. The SMILES string of the molecule is CC(C)S(=O)(=O)N1CC=C(c2cc(S(=O)(=O)NC3(C)CC3)cn3c(-c4nnc(C(F)F)s4)c(C4CC4)nc23)CC1. The van der Waals surface area contributed by atoms with E-state index in [9.17, 15) is 25.6 Å². The molecule has 0 aromatic carbocycles. The lowest BCUT2D eigenvalue weighted by atomic mass is 10.0. The van der Waals surface area contributed by atoms with E-state index in [-0.39, 0.29) is 28.9 Å². The lowest BCUT2D eigenvalue weighted by Gasteiger charge is -2.27. The van der Waals surface area contributed by atoms with Gasteiger partial charge in [0.2, 0.25) is 20.0 Å². The number of pyridine rings is 1. The summed E-state index contributed by atoms with van der Waals surface area (Å²) in [5.74, 6) is 0.109. The van der Waals surface area contributed by atoms with E-state index in [0.29, 0.717) is 29.0 Å². The standard InChI is InChI=1S/C25H30F2N6O4S3/c1-14(2)40(36,37)32-10-6-15(7-11-32)18-12-17(39(34,35)31-25(3)8-9-25)13-33-20(19(16-4-5-16)28-22(18)33)23-29-30-24(38-23)21(26)27/h6,12-14,16,21,31H,4-5,7-11H2,1-3H3. The Labute approximate surface area is 235 Å². The molecule has 2 saturated carbocycles. The Morgan fingerprint density at radius 1 is 1.15 bits per heavy atom. The molecule has 0 saturated heterocycles. The topological polar surface area (TPSA) is 127 Å². The fourth-order valence-corrected chi connectivity index (χ4v) is 8.35. The first-order valence-corrected chi connectivity index (χ1v) is 17.0. The van der Waals surface area contributed by atoms with Crippen molar-refractivity contribution in [3.8, 4) is 10.7 Å². The average molecular weight is 613 g/mol. The quantitative estimate of drug-likeness (QED) is 0.381. The first-order valence-electron chi connectivity index (χ1n) is 13.2. The number of rotatable bonds is 9. The van der Waals surface area contributed by atoms with Crippen molar-refractivity contribution in [3.63, 3.8) is 0 Å². The molecular formula is C25H30F2N6O4S3. The molecule has 3 aliphatic rings. The largest absolute Gasteiger partial charge is 0.295 e. The van der Waals surface area contributed by atoms with Gasteiger partial charge in [0.15, 0.2) is 10.0 Å². The summed E-state index contributed by atoms with van der Waals surface area (Å²) in [4.78, 5) is 4.93. The first kappa shape index (κ1) is 27.8. The normalized spacial score (nSPS) is 20.0. The van der Waals surface area contributed by atoms with Gasteiger partial charge < -0.3 is 0 Å². The van der Waals surface area contributed by atoms with Crippen molar-refractivity contribution in [1.29, 1.82) is 0 Å². The smallest absolute Gasteiger partial charge is 0.291 e. The van der Waals surface area contributed by atoms with Gasteiger partial charge in [-0.05, 0) is 64.5 Å². The molecule has 0 atom stereocenters. The molecule has 15 heteroatoms. The van der Waals surface area contributed by atoms with Crippen LogP contribution in [-0.2, 0) is 20.0 Å². The highest BCUT2D eigenvalue weighted by molar-refractivity contribution is 7.89. The van der Waals surface area contributed by atoms with Gasteiger partial charge in [-0.15, -0.1) is 10.2 Å². The number of alkyl halides is 2. The maximum Gasteiger partial charge on any atom is 0.291 e. The van der Waals surface area contributed by atoms with Crippen LogP contribution in [-0.4, -0.2) is 64.6 Å². The third-order valence-electron chi connectivity index (χ3n) is 7.68. The Bertz CT molecular complexity index is 1740. The van der Waals surface area contributed by atoms with Crippen LogP contribution in [0.4, 0.5) is 8.78 Å². The molecule has 0 amide bonds. The molecule has 3 aromatic rings. The van der Waals surface area contributed by atoms with Crippen LogP contribution in [0.2, 0.25) is 0 Å². The molecule has 40 heavy (non-hydrogen) atoms. The van der Waals surface area contributed by atoms with Gasteiger partial charge in [-0.1, -0.05) is 17.4 Å². The number of nitrogens with zero attached hydrogens (tertiary/aromatic N) is 5. The van der Waals surface area contributed by atoms with Crippen LogP contribution >= 0.6 is 11.3 Å². The summed E-state index contributed by atoms with van der Waals surface area (Å²) in [6.07, 6.45) is 4.09. The fourth-order valence-electron chi connectivity index (χ4n) is 4.89. The molecule has 3 aromatic heterocycles. The molecule has 2 fully saturated rings. The summed E-state index contributed by atoms with van der Waals surface area (Å²) >= 11 is 0.767. The molecule has 1 N–H and O–H groups in total. The van der Waals surface area contributed by atoms with Gasteiger partial charge in [-0.3, -0.25) is 4.40 Å². The number of imidazole rings is 1. The lowest BCUT2D eigenvalue weighted by molar-refractivity contribution is 0.150. The van der Waals surface area contributed by atoms with Crippen molar-refractivity contribution < 1.29 is 25.6 Å². The summed E-state index contributed by atoms with van der Waals surface area (Å²) in [6, 6.07) is 1.58. The molecular weight excluding hydrogens is 583 g/mol. The summed E-state index contributed by atoms with van der Waals surface area (Å²) in [7, 11) is -7.39. The number of aromatic nitrogens is 4. The van der Waals surface area contributed by atoms with Crippen molar-refractivity contribution in [2.45, 2.75) is 80.9 Å². The van der Waals surface area contributed by atoms with E-state index in [2.05, 4.69) is 14.9 Å². The zero-order chi connectivity index (χ0) is 28.6. The Hall–Kier alpha value is -2.33. The molecule has 2 aliphatic carbocycles. The number of halogens is 2. The van der Waals surface area contributed by atoms with E-state index in [1.807, 2.05) is 6.92 Å². The van der Waals surface area contributed by atoms with Gasteiger partial charge in [0.1, 0.15) is 11.3 Å². The van der Waals surface area contributed by atoms with E-state index in [1.54, 1.807) is 30.4 Å². The highest BCUT2D eigenvalue weighted by Crippen LogP contribution is 2.46. The maximum absolute atomic E-state index is 13.5. The predicted molar refractivity (Wildman–Crippen MR) is 147 cm³/mol. The number of hydrogen-bond acceptors (Lipinski definition) is 8. The maximum atomic E-state index is 13.5. The zero-order valence-corrected chi connectivity index (χ0v) is 24.7. The third-order valence-corrected chi connectivity index (χ3v) is 12.5. The van der Waals surface area contributed by atoms with E-state index in [1.165, 1.54) is 10.5 Å². The third kappa shape index (κ3) is 4.99. The second-order valence-corrected chi connectivity index (χ2v) is 16.4. The minimum Gasteiger partial charge on any atom is -0.295 e. The Kier molecular flexibility index (Phi) is 6.69. The van der Waals surface area contributed by atoms with Gasteiger partial charge >= 0.3 is 0 Å². The number of nitrogens with one attached hydrogen (secondary N) is 1. The van der Waals surface area contributed by atoms with E-state index >= 15 is 0 Å². The molecule has 6 rings (SSSR count). The van der Waals surface area contributed by atoms with Crippen LogP contribution in [0.15, 0.2) is 23.2 Å². The first-order chi connectivity index (χ1) is 18.8. The highest BCUT2D eigenvalue weighted by Gasteiger charge is 2.42. The van der Waals surface area contributed by atoms with Gasteiger partial charge in [0.25, 0.3) is 6.43 Å². The molecule has 1 aliphatic heterocycles. The highest BCUT2D eigenvalue weighted by atomic mass is 32.2. The van der Waals surface area contributed by atoms with Crippen LogP contribution in [0.3, 0.4) is 0 Å². The molecule has 4 heterocycles. The van der Waals surface area contributed by atoms with E-state index < -0.39 is 42.3 Å². The monoisotopic (exact) mass is 612 g/mol. The minimum absolute atomic E-state index is 0.0147. The summed E-state index contributed by atoms with van der Waals surface area (Å²) in [6.45, 7) is 5.53. The van der Waals surface area contributed by atoms with Gasteiger partial charge in [-0.2, -0.15) is 4.31 Å². The minimum atomic E-state index is -3.94. The molecule has 216 valence electrons. The van der Waals surface area contributed by atoms with E-state index in [0.717, 1.165) is 42.6 Å². The summed E-state index contributed by atoms with van der Waals surface area (Å²) in [5, 5.41) is 6.97. The van der Waals surface area contributed by atoms with Crippen molar-refractivity contribution >= 4 is 42.6 Å². The van der Waals surface area contributed by atoms with E-state index in [4.69, 9.17) is 4.98 Å². The lowest BCUT2D eigenvalue weighted by Crippen LogP contribution is -2.39. The van der Waals surface area contributed by atoms with Crippen LogP contribution in [0, 0.1) is 0 Å². The molecule has 10 nitrogen and oxygen atoms in total. The van der Waals surface area contributed by atoms with Gasteiger partial charge in [0, 0.05) is 36.3 Å². The van der Waals surface area contributed by atoms with Crippen LogP contribution < -0.4 is 4.72 Å². The Morgan fingerprint density at radius 3 is 2.42 bits per heavy atom. The number of hydrogen-bond donors (Lipinski definition) is 1. The van der Waals surface area contributed by atoms with Crippen LogP contribution in [0.5, 0.6) is 0 Å². The molecule has 0 bridgehead atoms. The zero-order valence-electron chi connectivity index (χ0n) is 22.3. The van der Waals surface area contributed by atoms with Gasteiger partial charge in [-0.25, -0.2) is 35.3 Å². The van der Waals surface area contributed by atoms with Crippen molar-refractivity contribution in [3.05, 3.63) is 34.6 Å². The fraction of sp³-hybridized carbons (Fsp3) is 0.560. The van der Waals surface area contributed by atoms with Crippen molar-refractivity contribution in [2.75, 3.05) is 13.1 Å².